The lowest BCUT2D eigenvalue weighted by Crippen LogP contribution is -1.81. The zero-order chi connectivity index (χ0) is 17.1. The molecule has 0 amide bonds. The van der Waals surface area contributed by atoms with Crippen molar-refractivity contribution in [3.05, 3.63) is 97.2 Å². The van der Waals surface area contributed by atoms with Gasteiger partial charge < -0.3 is 4.98 Å². The number of fused-ring (bicyclic) bond motifs is 4. The van der Waals surface area contributed by atoms with Crippen LogP contribution in [0.4, 0.5) is 0 Å². The van der Waals surface area contributed by atoms with Gasteiger partial charge in [0.25, 0.3) is 0 Å². The molecular weight excluding hydrogens is 304 g/mol. The van der Waals surface area contributed by atoms with Gasteiger partial charge in [0, 0.05) is 27.2 Å². The van der Waals surface area contributed by atoms with Gasteiger partial charge in [-0.3, -0.25) is 0 Å². The van der Waals surface area contributed by atoms with Crippen LogP contribution in [0.15, 0.2) is 91.5 Å². The third-order valence-corrected chi connectivity index (χ3v) is 4.24. The van der Waals surface area contributed by atoms with Gasteiger partial charge in [-0.2, -0.15) is 0 Å². The molecule has 0 aliphatic carbocycles. The third kappa shape index (κ3) is 3.02. The first-order valence-corrected chi connectivity index (χ1v) is 8.29. The predicted octanol–water partition coefficient (Wildman–Crippen LogP) is 6.20. The van der Waals surface area contributed by atoms with Gasteiger partial charge in [-0.05, 0) is 30.3 Å². The molecule has 0 spiro atoms. The number of pyridine rings is 1. The van der Waals surface area contributed by atoms with Gasteiger partial charge in [0.2, 0.25) is 0 Å². The van der Waals surface area contributed by atoms with E-state index in [9.17, 15) is 0 Å². The molecule has 2 aromatic heterocycles. The second kappa shape index (κ2) is 6.62. The van der Waals surface area contributed by atoms with E-state index < -0.39 is 0 Å². The molecule has 120 valence electrons. The Morgan fingerprint density at radius 1 is 0.680 bits per heavy atom. The van der Waals surface area contributed by atoms with E-state index >= 15 is 0 Å². The molecule has 0 saturated heterocycles. The summed E-state index contributed by atoms with van der Waals surface area (Å²) < 4.78 is 0. The lowest BCUT2D eigenvalue weighted by Gasteiger charge is -1.96. The van der Waals surface area contributed by atoms with Crippen LogP contribution in [-0.2, 0) is 0 Å². The van der Waals surface area contributed by atoms with Gasteiger partial charge in [0.1, 0.15) is 0 Å². The van der Waals surface area contributed by atoms with Gasteiger partial charge in [-0.25, -0.2) is 4.98 Å². The fraction of sp³-hybridized carbons (Fsp3) is 0. The van der Waals surface area contributed by atoms with E-state index in [1.807, 2.05) is 24.3 Å². The van der Waals surface area contributed by atoms with Gasteiger partial charge in [-0.15, -0.1) is 0 Å². The molecule has 25 heavy (non-hydrogen) atoms. The van der Waals surface area contributed by atoms with Crippen LogP contribution in [0.5, 0.6) is 0 Å². The highest BCUT2D eigenvalue weighted by Crippen LogP contribution is 2.24. The van der Waals surface area contributed by atoms with E-state index in [1.54, 1.807) is 6.08 Å². The van der Waals surface area contributed by atoms with Crippen LogP contribution >= 0.6 is 0 Å². The number of hydrogen-bond acceptors (Lipinski definition) is 1. The number of benzene rings is 3. The van der Waals surface area contributed by atoms with Crippen molar-refractivity contribution < 1.29 is 0 Å². The van der Waals surface area contributed by atoms with Gasteiger partial charge in [0.05, 0.1) is 11.2 Å². The molecule has 0 radical (unpaired) electrons. The molecule has 0 unspecified atom stereocenters. The van der Waals surface area contributed by atoms with Crippen molar-refractivity contribution in [3.63, 3.8) is 0 Å². The van der Waals surface area contributed by atoms with Crippen molar-refractivity contribution in [1.82, 2.24) is 9.97 Å². The minimum atomic E-state index is 0.925. The van der Waals surface area contributed by atoms with Crippen LogP contribution in [0, 0.1) is 0 Å². The molecular formula is C23H18N2. The van der Waals surface area contributed by atoms with Crippen molar-refractivity contribution in [1.29, 1.82) is 0 Å². The molecule has 0 bridgehead atoms. The quantitative estimate of drug-likeness (QED) is 0.391. The monoisotopic (exact) mass is 322 g/mol. The lowest BCUT2D eigenvalue weighted by atomic mass is 10.2. The summed E-state index contributed by atoms with van der Waals surface area (Å²) in [7, 11) is 0. The normalized spacial score (nSPS) is 10.6. The maximum absolute atomic E-state index is 4.38. The molecule has 0 aliphatic rings. The summed E-state index contributed by atoms with van der Waals surface area (Å²) in [6.07, 6.45) is 1.76. The van der Waals surface area contributed by atoms with E-state index in [0.29, 0.717) is 0 Å². The van der Waals surface area contributed by atoms with Gasteiger partial charge in [0.15, 0.2) is 0 Å². The summed E-state index contributed by atoms with van der Waals surface area (Å²) in [6, 6.07) is 28.8. The Hall–Kier alpha value is -3.39. The maximum Gasteiger partial charge on any atom is 0.0709 e. The second-order valence-electron chi connectivity index (χ2n) is 5.85. The average Bonchev–Trinajstić information content (AvgIpc) is 3.07. The number of hydrogen-bond donors (Lipinski definition) is 1. The number of rotatable bonds is 1. The van der Waals surface area contributed by atoms with E-state index in [0.717, 1.165) is 11.2 Å². The SMILES string of the molecule is C=Cc1ccc2ccccc2n1.c1ccc2c(c1)[nH]c1ccccc12. The number of nitrogens with zero attached hydrogens (tertiary/aromatic N) is 1. The summed E-state index contributed by atoms with van der Waals surface area (Å²) in [5, 5.41) is 3.78. The number of nitrogens with one attached hydrogen (secondary N) is 1. The minimum Gasteiger partial charge on any atom is -0.355 e. The zero-order valence-electron chi connectivity index (χ0n) is 13.8. The topological polar surface area (TPSA) is 28.7 Å². The summed E-state index contributed by atoms with van der Waals surface area (Å²) in [5.74, 6) is 0. The van der Waals surface area contributed by atoms with Crippen molar-refractivity contribution >= 4 is 38.8 Å². The number of H-pyrrole nitrogens is 1. The number of aromatic amines is 1. The zero-order valence-corrected chi connectivity index (χ0v) is 13.8. The van der Waals surface area contributed by atoms with Crippen LogP contribution < -0.4 is 0 Å². The Kier molecular flexibility index (Phi) is 4.01. The van der Waals surface area contributed by atoms with Crippen LogP contribution in [0.25, 0.3) is 38.8 Å². The molecule has 5 rings (SSSR count). The fourth-order valence-corrected chi connectivity index (χ4v) is 2.99. The van der Waals surface area contributed by atoms with Gasteiger partial charge in [-0.1, -0.05) is 67.2 Å². The fourth-order valence-electron chi connectivity index (χ4n) is 2.99. The standard InChI is InChI=1S/C12H9N.C11H9N/c1-3-7-11-9(5-1)10-6-2-4-8-12(10)13-11;1-2-10-8-7-9-5-3-4-6-11(9)12-10/h1-8,13H;2-8H,1H2. The molecule has 0 saturated carbocycles. The van der Waals surface area contributed by atoms with Crippen LogP contribution in [0.2, 0.25) is 0 Å². The molecule has 0 aliphatic heterocycles. The van der Waals surface area contributed by atoms with E-state index in [1.165, 1.54) is 27.2 Å². The minimum absolute atomic E-state index is 0.925. The Balaban J connectivity index is 0.000000126. The molecule has 0 atom stereocenters. The lowest BCUT2D eigenvalue weighted by molar-refractivity contribution is 1.37. The van der Waals surface area contributed by atoms with Gasteiger partial charge >= 0.3 is 0 Å². The van der Waals surface area contributed by atoms with Crippen LogP contribution in [0.1, 0.15) is 5.69 Å². The third-order valence-electron chi connectivity index (χ3n) is 4.24. The molecule has 2 heterocycles. The molecule has 2 heteroatoms. The first-order chi connectivity index (χ1) is 12.3. The maximum atomic E-state index is 4.38. The highest BCUT2D eigenvalue weighted by Gasteiger charge is 2.00. The average molecular weight is 322 g/mol. The van der Waals surface area contributed by atoms with E-state index in [-0.39, 0.29) is 0 Å². The van der Waals surface area contributed by atoms with E-state index in [4.69, 9.17) is 0 Å². The summed E-state index contributed by atoms with van der Waals surface area (Å²) in [5.41, 5.74) is 4.37. The molecule has 3 aromatic carbocycles. The summed E-state index contributed by atoms with van der Waals surface area (Å²) >= 11 is 0. The van der Waals surface area contributed by atoms with Crippen molar-refractivity contribution in [2.24, 2.45) is 0 Å². The number of aromatic nitrogens is 2. The highest BCUT2D eigenvalue weighted by atomic mass is 14.7. The van der Waals surface area contributed by atoms with Crippen LogP contribution in [0.3, 0.4) is 0 Å². The second-order valence-corrected chi connectivity index (χ2v) is 5.85. The smallest absolute Gasteiger partial charge is 0.0709 e. The summed E-state index contributed by atoms with van der Waals surface area (Å²) in [4.78, 5) is 7.75. The predicted molar refractivity (Wildman–Crippen MR) is 108 cm³/mol. The Labute approximate surface area is 146 Å². The van der Waals surface area contributed by atoms with Crippen molar-refractivity contribution in [2.75, 3.05) is 0 Å². The number of para-hydroxylation sites is 3. The largest absolute Gasteiger partial charge is 0.355 e. The van der Waals surface area contributed by atoms with E-state index in [2.05, 4.69) is 77.2 Å². The molecule has 2 nitrogen and oxygen atoms in total. The Bertz CT molecular complexity index is 1120. The first kappa shape index (κ1) is 15.2. The molecule has 1 N–H and O–H groups in total. The molecule has 5 aromatic rings. The Morgan fingerprint density at radius 3 is 1.96 bits per heavy atom. The Morgan fingerprint density at radius 2 is 1.28 bits per heavy atom. The first-order valence-electron chi connectivity index (χ1n) is 8.29. The van der Waals surface area contributed by atoms with Crippen molar-refractivity contribution in [3.8, 4) is 0 Å². The van der Waals surface area contributed by atoms with Crippen molar-refractivity contribution in [2.45, 2.75) is 0 Å². The summed E-state index contributed by atoms with van der Waals surface area (Å²) in [6.45, 7) is 3.68. The molecule has 0 fully saturated rings. The van der Waals surface area contributed by atoms with Crippen LogP contribution in [-0.4, -0.2) is 9.97 Å². The highest BCUT2D eigenvalue weighted by molar-refractivity contribution is 6.06.